The van der Waals surface area contributed by atoms with Gasteiger partial charge in [-0.1, -0.05) is 36.4 Å². The third-order valence-electron chi connectivity index (χ3n) is 5.92. The summed E-state index contributed by atoms with van der Waals surface area (Å²) in [6, 6.07) is 13.0. The van der Waals surface area contributed by atoms with Crippen LogP contribution in [0.4, 0.5) is 4.79 Å². The van der Waals surface area contributed by atoms with E-state index in [4.69, 9.17) is 4.74 Å². The molecule has 0 saturated carbocycles. The van der Waals surface area contributed by atoms with Crippen LogP contribution >= 0.6 is 0 Å². The highest BCUT2D eigenvalue weighted by atomic mass is 16.5. The van der Waals surface area contributed by atoms with Gasteiger partial charge in [0.05, 0.1) is 17.3 Å². The van der Waals surface area contributed by atoms with Gasteiger partial charge in [-0.3, -0.25) is 25.4 Å². The van der Waals surface area contributed by atoms with Gasteiger partial charge >= 0.3 is 12.1 Å². The van der Waals surface area contributed by atoms with Gasteiger partial charge in [0, 0.05) is 31.6 Å². The fourth-order valence-electron chi connectivity index (χ4n) is 4.00. The van der Waals surface area contributed by atoms with Crippen molar-refractivity contribution < 1.29 is 24.2 Å². The lowest BCUT2D eigenvalue weighted by Gasteiger charge is -2.15. The Bertz CT molecular complexity index is 1210. The summed E-state index contributed by atoms with van der Waals surface area (Å²) in [6.45, 7) is 3.03. The third-order valence-corrected chi connectivity index (χ3v) is 5.92. The van der Waals surface area contributed by atoms with Crippen LogP contribution in [0.1, 0.15) is 22.3 Å². The van der Waals surface area contributed by atoms with Crippen molar-refractivity contribution in [1.29, 1.82) is 0 Å². The van der Waals surface area contributed by atoms with Gasteiger partial charge in [0.1, 0.15) is 18.9 Å². The predicted molar refractivity (Wildman–Crippen MR) is 136 cm³/mol. The minimum absolute atomic E-state index is 0.00177. The lowest BCUT2D eigenvalue weighted by Crippen LogP contribution is -2.48. The summed E-state index contributed by atoms with van der Waals surface area (Å²) in [7, 11) is 0. The summed E-state index contributed by atoms with van der Waals surface area (Å²) in [6.07, 6.45) is 1.72. The molecule has 3 aromatic rings. The minimum atomic E-state index is -1.36. The maximum atomic E-state index is 12.9. The summed E-state index contributed by atoms with van der Waals surface area (Å²) in [5, 5.41) is 29.4. The van der Waals surface area contributed by atoms with Crippen molar-refractivity contribution in [2.45, 2.75) is 31.9 Å². The first kappa shape index (κ1) is 26.1. The maximum Gasteiger partial charge on any atom is 0.408 e. The molecule has 2 amide bonds. The number of hydrogen-bond acceptors (Lipinski definition) is 8. The van der Waals surface area contributed by atoms with Crippen molar-refractivity contribution in [3.63, 3.8) is 0 Å². The molecule has 4 rings (SSSR count). The Morgan fingerprint density at radius 1 is 1.11 bits per heavy atom. The van der Waals surface area contributed by atoms with E-state index >= 15 is 0 Å². The van der Waals surface area contributed by atoms with Gasteiger partial charge in [-0.15, -0.1) is 0 Å². The van der Waals surface area contributed by atoms with E-state index in [9.17, 15) is 19.5 Å². The number of rotatable bonds is 12. The largest absolute Gasteiger partial charge is 0.480 e. The first-order chi connectivity index (χ1) is 18.0. The quantitative estimate of drug-likeness (QED) is 0.192. The van der Waals surface area contributed by atoms with Gasteiger partial charge < -0.3 is 20.5 Å². The molecule has 0 aliphatic carbocycles. The molecular weight excluding hydrogens is 478 g/mol. The number of hydrogen-bond donors (Lipinski definition) is 6. The standard InChI is InChI=1S/C25H31N7O5/c33-22(29-15-20(23(34)35)31-25(36)37-16-17-6-2-1-3-7-17)18-8-4-9-21-19(18)14-30-32(21)13-5-10-26-24-27-11-12-28-24/h1-4,6-9,14,20,24,26-28H,5,10-13,15-16H2,(H,29,33)(H,31,36)(H,34,35). The first-order valence-corrected chi connectivity index (χ1v) is 12.1. The molecule has 196 valence electrons. The van der Waals surface area contributed by atoms with Crippen LogP contribution in [0.2, 0.25) is 0 Å². The van der Waals surface area contributed by atoms with Crippen molar-refractivity contribution in [1.82, 2.24) is 36.4 Å². The van der Waals surface area contributed by atoms with Crippen molar-refractivity contribution in [3.8, 4) is 0 Å². The van der Waals surface area contributed by atoms with E-state index in [1.165, 1.54) is 0 Å². The average molecular weight is 510 g/mol. The number of carbonyl (C=O) groups is 3. The molecule has 0 bridgehead atoms. The second-order valence-electron chi connectivity index (χ2n) is 8.56. The van der Waals surface area contributed by atoms with E-state index in [1.807, 2.05) is 16.8 Å². The van der Waals surface area contributed by atoms with Crippen LogP contribution < -0.4 is 26.6 Å². The van der Waals surface area contributed by atoms with Crippen LogP contribution in [0.25, 0.3) is 10.9 Å². The lowest BCUT2D eigenvalue weighted by atomic mass is 10.1. The fourth-order valence-corrected chi connectivity index (χ4v) is 4.00. The van der Waals surface area contributed by atoms with Gasteiger partial charge in [-0.25, -0.2) is 9.59 Å². The number of nitrogens with one attached hydrogen (secondary N) is 5. The van der Waals surface area contributed by atoms with Gasteiger partial charge in [0.25, 0.3) is 5.91 Å². The van der Waals surface area contributed by atoms with E-state index in [2.05, 4.69) is 31.7 Å². The molecule has 1 aliphatic heterocycles. The summed E-state index contributed by atoms with van der Waals surface area (Å²) in [5.41, 5.74) is 1.95. The van der Waals surface area contributed by atoms with Crippen LogP contribution in [0, 0.1) is 0 Å². The van der Waals surface area contributed by atoms with E-state index in [0.717, 1.165) is 37.1 Å². The Kier molecular flexibility index (Phi) is 9.03. The van der Waals surface area contributed by atoms with Crippen molar-refractivity contribution >= 4 is 28.9 Å². The number of carboxylic acids is 1. The van der Waals surface area contributed by atoms with Crippen LogP contribution in [-0.4, -0.2) is 71.4 Å². The molecule has 1 atom stereocenters. The smallest absolute Gasteiger partial charge is 0.408 e. The zero-order chi connectivity index (χ0) is 26.0. The topological polar surface area (TPSA) is 159 Å². The van der Waals surface area contributed by atoms with Crippen molar-refractivity contribution in [2.24, 2.45) is 0 Å². The number of aryl methyl sites for hydroxylation is 1. The first-order valence-electron chi connectivity index (χ1n) is 12.1. The number of nitrogens with zero attached hydrogens (tertiary/aromatic N) is 2. The summed E-state index contributed by atoms with van der Waals surface area (Å²) in [5.74, 6) is -1.75. The Morgan fingerprint density at radius 3 is 2.65 bits per heavy atom. The van der Waals surface area contributed by atoms with Gasteiger partial charge in [-0.05, 0) is 30.7 Å². The SMILES string of the molecule is O=C(NC(CNC(=O)c1cccc2c1cnn2CCCNC1NCCN1)C(=O)O)OCc1ccccc1. The van der Waals surface area contributed by atoms with Gasteiger partial charge in [0.15, 0.2) is 0 Å². The molecular formula is C25H31N7O5. The Morgan fingerprint density at radius 2 is 1.89 bits per heavy atom. The number of alkyl carbamates (subject to hydrolysis) is 1. The van der Waals surface area contributed by atoms with E-state index in [-0.39, 0.29) is 19.4 Å². The van der Waals surface area contributed by atoms with Crippen LogP contribution in [0.3, 0.4) is 0 Å². The molecule has 12 nitrogen and oxygen atoms in total. The zero-order valence-corrected chi connectivity index (χ0v) is 20.3. The van der Waals surface area contributed by atoms with E-state index < -0.39 is 24.0 Å². The molecule has 1 aliphatic rings. The summed E-state index contributed by atoms with van der Waals surface area (Å²) in [4.78, 5) is 36.6. The monoisotopic (exact) mass is 509 g/mol. The lowest BCUT2D eigenvalue weighted by molar-refractivity contribution is -0.139. The predicted octanol–water partition coefficient (Wildman–Crippen LogP) is 0.602. The third kappa shape index (κ3) is 7.26. The fraction of sp³-hybridized carbons (Fsp3) is 0.360. The summed E-state index contributed by atoms with van der Waals surface area (Å²) >= 11 is 0. The molecule has 1 fully saturated rings. The van der Waals surface area contributed by atoms with Crippen molar-refractivity contribution in [2.75, 3.05) is 26.2 Å². The normalized spacial score (nSPS) is 14.4. The molecule has 37 heavy (non-hydrogen) atoms. The average Bonchev–Trinajstić information content (AvgIpc) is 3.58. The van der Waals surface area contributed by atoms with Gasteiger partial charge in [-0.2, -0.15) is 5.10 Å². The molecule has 0 radical (unpaired) electrons. The van der Waals surface area contributed by atoms with Gasteiger partial charge in [0.2, 0.25) is 0 Å². The Hall–Kier alpha value is -4.00. The number of fused-ring (bicyclic) bond motifs is 1. The second kappa shape index (κ2) is 12.8. The highest BCUT2D eigenvalue weighted by molar-refractivity contribution is 6.06. The molecule has 1 unspecified atom stereocenters. The highest BCUT2D eigenvalue weighted by Crippen LogP contribution is 2.19. The number of ether oxygens (including phenoxy) is 1. The summed E-state index contributed by atoms with van der Waals surface area (Å²) < 4.78 is 6.92. The Labute approximate surface area is 213 Å². The molecule has 1 saturated heterocycles. The highest BCUT2D eigenvalue weighted by Gasteiger charge is 2.23. The second-order valence-corrected chi connectivity index (χ2v) is 8.56. The number of carbonyl (C=O) groups excluding carboxylic acids is 2. The van der Waals surface area contributed by atoms with Crippen molar-refractivity contribution in [3.05, 3.63) is 65.9 Å². The minimum Gasteiger partial charge on any atom is -0.480 e. The number of benzene rings is 2. The Balaban J connectivity index is 1.29. The van der Waals surface area contributed by atoms with E-state index in [1.54, 1.807) is 42.6 Å². The number of amides is 2. The number of aliphatic carboxylic acids is 1. The van der Waals surface area contributed by atoms with Crippen LogP contribution in [0.5, 0.6) is 0 Å². The van der Waals surface area contributed by atoms with E-state index in [0.29, 0.717) is 17.5 Å². The molecule has 1 aromatic heterocycles. The zero-order valence-electron chi connectivity index (χ0n) is 20.3. The molecule has 0 spiro atoms. The maximum absolute atomic E-state index is 12.9. The van der Waals surface area contributed by atoms with Crippen LogP contribution in [0.15, 0.2) is 54.7 Å². The molecule has 6 N–H and O–H groups in total. The van der Waals surface area contributed by atoms with Crippen LogP contribution in [-0.2, 0) is 22.7 Å². The molecule has 2 aromatic carbocycles. The number of carboxylic acid groups (broad SMARTS) is 1. The number of aromatic nitrogens is 2. The molecule has 12 heteroatoms. The molecule has 2 heterocycles.